The molecule has 1 unspecified atom stereocenters. The van der Waals surface area contributed by atoms with Gasteiger partial charge in [0, 0.05) is 11.0 Å². The van der Waals surface area contributed by atoms with Gasteiger partial charge in [0.05, 0.1) is 0 Å². The maximum atomic E-state index is 15.6. The molecule has 2 heteroatoms. The van der Waals surface area contributed by atoms with Crippen molar-refractivity contribution in [1.29, 1.82) is 0 Å². The molecule has 1 fully saturated rings. The van der Waals surface area contributed by atoms with Crippen molar-refractivity contribution in [2.75, 3.05) is 0 Å². The summed E-state index contributed by atoms with van der Waals surface area (Å²) in [5.41, 5.74) is 4.44. The SMILES string of the molecule is CCCc1c(CCC)c2ccc3ccc4ccc5ccccc5c4c3c2c2cc3c(cc12)C=CP3(=O)[C@@H]1C[C@@H](C)CC[C@H]1C(C)C. The Balaban J connectivity index is 1.54. The highest BCUT2D eigenvalue weighted by molar-refractivity contribution is 7.76. The van der Waals surface area contributed by atoms with Crippen molar-refractivity contribution in [2.24, 2.45) is 17.8 Å². The summed E-state index contributed by atoms with van der Waals surface area (Å²) in [6.45, 7) is 11.7. The number of rotatable bonds is 6. The van der Waals surface area contributed by atoms with Gasteiger partial charge in [-0.2, -0.15) is 0 Å². The van der Waals surface area contributed by atoms with Gasteiger partial charge in [-0.25, -0.2) is 0 Å². The molecule has 4 atom stereocenters. The Hall–Kier alpha value is -3.41. The largest absolute Gasteiger partial charge is 0.314 e. The molecule has 234 valence electrons. The molecule has 1 heterocycles. The lowest BCUT2D eigenvalue weighted by atomic mass is 9.77. The van der Waals surface area contributed by atoms with Crippen molar-refractivity contribution in [3.8, 4) is 0 Å². The molecule has 2 aliphatic rings. The van der Waals surface area contributed by atoms with Gasteiger partial charge in [0.25, 0.3) is 0 Å². The molecule has 0 saturated heterocycles. The normalized spacial score (nSPS) is 23.0. The van der Waals surface area contributed by atoms with Crippen LogP contribution < -0.4 is 5.30 Å². The molecular formula is C44H47OP. The monoisotopic (exact) mass is 622 g/mol. The number of hydrogen-bond acceptors (Lipinski definition) is 1. The van der Waals surface area contributed by atoms with Crippen molar-refractivity contribution >= 4 is 72.4 Å². The zero-order chi connectivity index (χ0) is 31.7. The topological polar surface area (TPSA) is 17.1 Å². The minimum Gasteiger partial charge on any atom is -0.314 e. The van der Waals surface area contributed by atoms with Gasteiger partial charge in [0.1, 0.15) is 7.14 Å². The maximum Gasteiger partial charge on any atom is 0.140 e. The standard InChI is InChI=1S/C44H47OP/c1-6-10-35-36(11-7-2)38-25-32-22-23-46(45,41-24-28(5)14-20-33(41)27(3)4)40(32)26-39(38)44-37(35)21-19-31-18-17-30-16-15-29-12-8-9-13-34(29)42(30)43(31)44/h8-9,12-13,15-19,21-23,25-28,33,41H,6-7,10-11,14,20,24H2,1-5H3/t28-,33-,41+,46?/m0/s1. The smallest absolute Gasteiger partial charge is 0.140 e. The quantitative estimate of drug-likeness (QED) is 0.133. The van der Waals surface area contributed by atoms with Crippen LogP contribution in [-0.2, 0) is 17.4 Å². The molecular weight excluding hydrogens is 575 g/mol. The van der Waals surface area contributed by atoms with Gasteiger partial charge in [0.15, 0.2) is 0 Å². The predicted octanol–water partition coefficient (Wildman–Crippen LogP) is 12.8. The summed E-state index contributed by atoms with van der Waals surface area (Å²) in [6, 6.07) is 27.7. The molecule has 6 aromatic carbocycles. The van der Waals surface area contributed by atoms with Crippen LogP contribution in [0.5, 0.6) is 0 Å². The molecule has 8 rings (SSSR count). The first-order chi connectivity index (χ1) is 22.3. The Morgan fingerprint density at radius 3 is 2.13 bits per heavy atom. The van der Waals surface area contributed by atoms with Gasteiger partial charge in [-0.1, -0.05) is 121 Å². The molecule has 1 nitrogen and oxygen atoms in total. The van der Waals surface area contributed by atoms with Crippen LogP contribution in [0.3, 0.4) is 0 Å². The second-order valence-electron chi connectivity index (χ2n) is 14.9. The third-order valence-electron chi connectivity index (χ3n) is 11.7. The second-order valence-corrected chi connectivity index (χ2v) is 17.7. The highest BCUT2D eigenvalue weighted by Gasteiger charge is 2.45. The van der Waals surface area contributed by atoms with E-state index in [4.69, 9.17) is 0 Å². The number of fused-ring (bicyclic) bond motifs is 10. The van der Waals surface area contributed by atoms with Crippen LogP contribution >= 0.6 is 7.14 Å². The summed E-state index contributed by atoms with van der Waals surface area (Å²) in [6.07, 6.45) is 10.1. The molecule has 0 aromatic heterocycles. The Morgan fingerprint density at radius 1 is 0.717 bits per heavy atom. The van der Waals surface area contributed by atoms with E-state index < -0.39 is 7.14 Å². The third kappa shape index (κ3) is 4.45. The molecule has 1 aliphatic heterocycles. The van der Waals surface area contributed by atoms with Gasteiger partial charge >= 0.3 is 0 Å². The summed E-state index contributed by atoms with van der Waals surface area (Å²) in [7, 11) is -2.75. The van der Waals surface area contributed by atoms with E-state index in [0.717, 1.165) is 37.4 Å². The molecule has 0 N–H and O–H groups in total. The van der Waals surface area contributed by atoms with Crippen LogP contribution in [0, 0.1) is 17.8 Å². The molecule has 1 aliphatic carbocycles. The highest BCUT2D eigenvalue weighted by atomic mass is 31.2. The summed E-state index contributed by atoms with van der Waals surface area (Å²) < 4.78 is 15.6. The van der Waals surface area contributed by atoms with E-state index >= 15 is 4.57 Å². The van der Waals surface area contributed by atoms with Crippen molar-refractivity contribution < 1.29 is 4.57 Å². The Labute approximate surface area is 274 Å². The van der Waals surface area contributed by atoms with Crippen LogP contribution in [0.25, 0.3) is 59.9 Å². The van der Waals surface area contributed by atoms with Crippen LogP contribution in [0.15, 0.2) is 78.6 Å². The Morgan fingerprint density at radius 2 is 1.39 bits per heavy atom. The van der Waals surface area contributed by atoms with Crippen molar-refractivity contribution in [1.82, 2.24) is 0 Å². The minimum absolute atomic E-state index is 0.230. The van der Waals surface area contributed by atoms with Crippen LogP contribution in [0.4, 0.5) is 0 Å². The average molecular weight is 623 g/mol. The molecule has 0 spiro atoms. The molecule has 0 bridgehead atoms. The maximum absolute atomic E-state index is 15.6. The lowest BCUT2D eigenvalue weighted by molar-refractivity contribution is 0.238. The van der Waals surface area contributed by atoms with Gasteiger partial charge in [-0.3, -0.25) is 0 Å². The number of hydrogen-bond donors (Lipinski definition) is 0. The molecule has 0 radical (unpaired) electrons. The first-order valence-electron chi connectivity index (χ1n) is 17.9. The fourth-order valence-corrected chi connectivity index (χ4v) is 13.2. The van der Waals surface area contributed by atoms with Gasteiger partial charge in [-0.15, -0.1) is 0 Å². The number of aryl methyl sites for hydroxylation is 2. The summed E-state index contributed by atoms with van der Waals surface area (Å²) in [5, 5.41) is 14.4. The minimum atomic E-state index is -2.75. The van der Waals surface area contributed by atoms with E-state index in [-0.39, 0.29) is 5.66 Å². The molecule has 1 saturated carbocycles. The zero-order valence-corrected chi connectivity index (χ0v) is 29.1. The fraction of sp³-hybridized carbons (Fsp3) is 0.364. The summed E-state index contributed by atoms with van der Waals surface area (Å²) >= 11 is 0. The van der Waals surface area contributed by atoms with Crippen molar-refractivity contribution in [3.63, 3.8) is 0 Å². The van der Waals surface area contributed by atoms with E-state index in [0.29, 0.717) is 17.8 Å². The highest BCUT2D eigenvalue weighted by Crippen LogP contribution is 2.63. The van der Waals surface area contributed by atoms with Gasteiger partial charge < -0.3 is 4.57 Å². The predicted molar refractivity (Wildman–Crippen MR) is 203 cm³/mol. The Kier molecular flexibility index (Phi) is 7.41. The van der Waals surface area contributed by atoms with E-state index in [2.05, 4.69) is 119 Å². The summed E-state index contributed by atoms with van der Waals surface area (Å²) in [4.78, 5) is 0. The lowest BCUT2D eigenvalue weighted by Gasteiger charge is -2.40. The first kappa shape index (κ1) is 30.0. The van der Waals surface area contributed by atoms with E-state index in [1.807, 2.05) is 0 Å². The first-order valence-corrected chi connectivity index (χ1v) is 19.8. The molecule has 0 amide bonds. The van der Waals surface area contributed by atoms with E-state index in [1.54, 1.807) is 0 Å². The fourth-order valence-electron chi connectivity index (χ4n) is 9.49. The molecule has 46 heavy (non-hydrogen) atoms. The van der Waals surface area contributed by atoms with E-state index in [1.165, 1.54) is 83.4 Å². The average Bonchev–Trinajstić information content (AvgIpc) is 3.40. The van der Waals surface area contributed by atoms with Crippen LogP contribution in [-0.4, -0.2) is 5.66 Å². The third-order valence-corrected chi connectivity index (χ3v) is 15.0. The lowest BCUT2D eigenvalue weighted by Crippen LogP contribution is -2.34. The Bertz CT molecular complexity index is 2250. The summed E-state index contributed by atoms with van der Waals surface area (Å²) in [5.74, 6) is 3.84. The molecule has 6 aromatic rings. The van der Waals surface area contributed by atoms with Crippen LogP contribution in [0.2, 0.25) is 0 Å². The number of benzene rings is 6. The van der Waals surface area contributed by atoms with Crippen molar-refractivity contribution in [3.05, 3.63) is 95.3 Å². The van der Waals surface area contributed by atoms with Gasteiger partial charge in [0.2, 0.25) is 0 Å². The van der Waals surface area contributed by atoms with Crippen LogP contribution in [0.1, 0.15) is 83.4 Å². The zero-order valence-electron chi connectivity index (χ0n) is 28.2. The second kappa shape index (κ2) is 11.4. The van der Waals surface area contributed by atoms with Crippen molar-refractivity contribution in [2.45, 2.75) is 85.2 Å². The van der Waals surface area contributed by atoms with E-state index in [9.17, 15) is 0 Å². The van der Waals surface area contributed by atoms with Gasteiger partial charge in [-0.05, 0) is 132 Å².